The molecule has 0 spiro atoms. The smallest absolute Gasteiger partial charge is 0.214 e. The molecule has 0 saturated heterocycles. The number of thiazole rings is 1. The Balaban J connectivity index is 1.97. The minimum absolute atomic E-state index is 0.586. The molecule has 2 heterocycles. The van der Waals surface area contributed by atoms with E-state index in [2.05, 4.69) is 48.2 Å². The molecule has 0 aliphatic rings. The van der Waals surface area contributed by atoms with Crippen molar-refractivity contribution in [3.05, 3.63) is 35.2 Å². The molecule has 4 nitrogen and oxygen atoms in total. The summed E-state index contributed by atoms with van der Waals surface area (Å²) in [6.45, 7) is 4.44. The summed E-state index contributed by atoms with van der Waals surface area (Å²) in [6.07, 6.45) is 1.15. The third-order valence-electron chi connectivity index (χ3n) is 3.46. The molecule has 5 heteroatoms. The second-order valence-electron chi connectivity index (χ2n) is 4.72. The van der Waals surface area contributed by atoms with E-state index in [1.165, 1.54) is 16.9 Å². The van der Waals surface area contributed by atoms with Crippen LogP contribution in [-0.4, -0.2) is 14.6 Å². The monoisotopic (exact) mass is 272 g/mol. The molecule has 3 rings (SSSR count). The predicted molar refractivity (Wildman–Crippen MR) is 79.4 cm³/mol. The Morgan fingerprint density at radius 2 is 2.05 bits per heavy atom. The minimum atomic E-state index is 0.586. The van der Waals surface area contributed by atoms with E-state index in [1.54, 1.807) is 4.52 Å². The molecule has 0 saturated carbocycles. The first-order chi connectivity index (χ1) is 9.19. The largest absolute Gasteiger partial charge is 0.383 e. The van der Waals surface area contributed by atoms with E-state index in [1.807, 2.05) is 5.38 Å². The van der Waals surface area contributed by atoms with Gasteiger partial charge in [-0.3, -0.25) is 0 Å². The first-order valence-electron chi connectivity index (χ1n) is 6.39. The van der Waals surface area contributed by atoms with E-state index in [-0.39, 0.29) is 0 Å². The summed E-state index contributed by atoms with van der Waals surface area (Å²) in [5.41, 5.74) is 8.20. The number of anilines is 1. The number of hydrogen-bond acceptors (Lipinski definition) is 4. The summed E-state index contributed by atoms with van der Waals surface area (Å²) in [5.74, 6) is 1.95. The molecule has 0 bridgehead atoms. The lowest BCUT2D eigenvalue weighted by molar-refractivity contribution is 0.734. The number of rotatable bonds is 3. The van der Waals surface area contributed by atoms with Crippen molar-refractivity contribution in [2.45, 2.75) is 26.2 Å². The quantitative estimate of drug-likeness (QED) is 0.793. The Morgan fingerprint density at radius 3 is 2.68 bits per heavy atom. The predicted octanol–water partition coefficient (Wildman–Crippen LogP) is 3.55. The lowest BCUT2D eigenvalue weighted by Gasteiger charge is -2.08. The molecule has 2 N–H and O–H groups in total. The van der Waals surface area contributed by atoms with Gasteiger partial charge in [0.15, 0.2) is 5.82 Å². The van der Waals surface area contributed by atoms with Gasteiger partial charge in [-0.05, 0) is 17.9 Å². The van der Waals surface area contributed by atoms with Gasteiger partial charge in [0.05, 0.1) is 0 Å². The average Bonchev–Trinajstić information content (AvgIpc) is 3.01. The molecule has 0 fully saturated rings. The normalized spacial score (nSPS) is 12.9. The van der Waals surface area contributed by atoms with E-state index in [0.717, 1.165) is 22.8 Å². The Morgan fingerprint density at radius 1 is 1.32 bits per heavy atom. The molecule has 1 atom stereocenters. The van der Waals surface area contributed by atoms with Gasteiger partial charge in [-0.2, -0.15) is 9.50 Å². The second-order valence-corrected chi connectivity index (χ2v) is 5.56. The minimum Gasteiger partial charge on any atom is -0.383 e. The summed E-state index contributed by atoms with van der Waals surface area (Å²) in [4.78, 5) is 5.32. The van der Waals surface area contributed by atoms with E-state index < -0.39 is 0 Å². The topological polar surface area (TPSA) is 56.2 Å². The Labute approximate surface area is 115 Å². The van der Waals surface area contributed by atoms with Crippen LogP contribution in [0, 0.1) is 0 Å². The number of nitrogen functional groups attached to an aromatic ring is 1. The lowest BCUT2D eigenvalue weighted by atomic mass is 9.97. The van der Waals surface area contributed by atoms with Crippen LogP contribution in [0.3, 0.4) is 0 Å². The summed E-state index contributed by atoms with van der Waals surface area (Å²) < 4.78 is 1.68. The molecule has 1 aromatic carbocycles. The van der Waals surface area contributed by atoms with Crippen molar-refractivity contribution >= 4 is 22.1 Å². The fourth-order valence-electron chi connectivity index (χ4n) is 2.02. The van der Waals surface area contributed by atoms with Crippen LogP contribution in [-0.2, 0) is 0 Å². The SMILES string of the molecule is CCC(C)c1ccc(-c2nc3scc(N)n3n2)cc1. The van der Waals surface area contributed by atoms with E-state index >= 15 is 0 Å². The maximum absolute atomic E-state index is 5.82. The van der Waals surface area contributed by atoms with Crippen LogP contribution in [0.2, 0.25) is 0 Å². The molecular weight excluding hydrogens is 256 g/mol. The van der Waals surface area contributed by atoms with Crippen molar-refractivity contribution in [3.63, 3.8) is 0 Å². The van der Waals surface area contributed by atoms with Crippen LogP contribution in [0.25, 0.3) is 16.3 Å². The van der Waals surface area contributed by atoms with Gasteiger partial charge >= 0.3 is 0 Å². The number of hydrogen-bond donors (Lipinski definition) is 1. The van der Waals surface area contributed by atoms with Crippen LogP contribution < -0.4 is 5.73 Å². The number of benzene rings is 1. The maximum Gasteiger partial charge on any atom is 0.214 e. The summed E-state index contributed by atoms with van der Waals surface area (Å²) in [7, 11) is 0. The molecule has 98 valence electrons. The molecule has 0 aliphatic carbocycles. The highest BCUT2D eigenvalue weighted by Gasteiger charge is 2.10. The van der Waals surface area contributed by atoms with Gasteiger partial charge in [0.25, 0.3) is 0 Å². The van der Waals surface area contributed by atoms with Crippen LogP contribution in [0.5, 0.6) is 0 Å². The van der Waals surface area contributed by atoms with Crippen molar-refractivity contribution in [1.29, 1.82) is 0 Å². The number of aromatic nitrogens is 3. The van der Waals surface area contributed by atoms with Gasteiger partial charge < -0.3 is 5.73 Å². The van der Waals surface area contributed by atoms with Gasteiger partial charge in [0.2, 0.25) is 4.96 Å². The van der Waals surface area contributed by atoms with Gasteiger partial charge in [-0.25, -0.2) is 0 Å². The Hall–Kier alpha value is -1.88. The Bertz CT molecular complexity index is 696. The average molecular weight is 272 g/mol. The first kappa shape index (κ1) is 12.2. The standard InChI is InChI=1S/C14H16N4S/c1-3-9(2)10-4-6-11(7-5-10)13-16-14-18(17-13)12(15)8-19-14/h4-9H,3,15H2,1-2H3. The maximum atomic E-state index is 5.82. The van der Waals surface area contributed by atoms with E-state index in [4.69, 9.17) is 5.73 Å². The zero-order valence-electron chi connectivity index (χ0n) is 11.0. The number of nitrogens with two attached hydrogens (primary N) is 1. The molecule has 3 aromatic rings. The second kappa shape index (κ2) is 4.66. The van der Waals surface area contributed by atoms with E-state index in [9.17, 15) is 0 Å². The zero-order valence-corrected chi connectivity index (χ0v) is 11.8. The van der Waals surface area contributed by atoms with Gasteiger partial charge in [0.1, 0.15) is 5.82 Å². The summed E-state index contributed by atoms with van der Waals surface area (Å²) >= 11 is 1.51. The molecule has 0 radical (unpaired) electrons. The Kier molecular flexibility index (Phi) is 2.98. The van der Waals surface area contributed by atoms with Crippen molar-refractivity contribution in [1.82, 2.24) is 14.6 Å². The van der Waals surface area contributed by atoms with Crippen molar-refractivity contribution in [3.8, 4) is 11.4 Å². The zero-order chi connectivity index (χ0) is 13.4. The summed E-state index contributed by atoms with van der Waals surface area (Å²) in [5, 5.41) is 6.28. The van der Waals surface area contributed by atoms with Crippen LogP contribution >= 0.6 is 11.3 Å². The molecular formula is C14H16N4S. The van der Waals surface area contributed by atoms with Crippen molar-refractivity contribution in [2.24, 2.45) is 0 Å². The third kappa shape index (κ3) is 2.10. The molecule has 0 aliphatic heterocycles. The first-order valence-corrected chi connectivity index (χ1v) is 7.27. The highest BCUT2D eigenvalue weighted by molar-refractivity contribution is 7.15. The van der Waals surface area contributed by atoms with Gasteiger partial charge in [-0.1, -0.05) is 38.1 Å². The lowest BCUT2D eigenvalue weighted by Crippen LogP contribution is -1.93. The highest BCUT2D eigenvalue weighted by Crippen LogP contribution is 2.24. The van der Waals surface area contributed by atoms with E-state index in [0.29, 0.717) is 11.7 Å². The highest BCUT2D eigenvalue weighted by atomic mass is 32.1. The van der Waals surface area contributed by atoms with Crippen molar-refractivity contribution in [2.75, 3.05) is 5.73 Å². The van der Waals surface area contributed by atoms with Crippen LogP contribution in [0.1, 0.15) is 31.7 Å². The van der Waals surface area contributed by atoms with Gasteiger partial charge in [0, 0.05) is 10.9 Å². The number of fused-ring (bicyclic) bond motifs is 1. The fourth-order valence-corrected chi connectivity index (χ4v) is 2.74. The van der Waals surface area contributed by atoms with Crippen LogP contribution in [0.15, 0.2) is 29.6 Å². The van der Waals surface area contributed by atoms with Crippen LogP contribution in [0.4, 0.5) is 5.82 Å². The van der Waals surface area contributed by atoms with Gasteiger partial charge in [-0.15, -0.1) is 16.4 Å². The number of nitrogens with zero attached hydrogens (tertiary/aromatic N) is 3. The summed E-state index contributed by atoms with van der Waals surface area (Å²) in [6, 6.07) is 8.47. The molecule has 2 aromatic heterocycles. The van der Waals surface area contributed by atoms with Crippen molar-refractivity contribution < 1.29 is 0 Å². The third-order valence-corrected chi connectivity index (χ3v) is 4.29. The molecule has 19 heavy (non-hydrogen) atoms. The molecule has 0 amide bonds. The molecule has 1 unspecified atom stereocenters. The fraction of sp³-hybridized carbons (Fsp3) is 0.286.